The van der Waals surface area contributed by atoms with Crippen molar-refractivity contribution in [2.24, 2.45) is 0 Å². The lowest BCUT2D eigenvalue weighted by atomic mass is 9.73. The van der Waals surface area contributed by atoms with Crippen LogP contribution in [-0.2, 0) is 5.41 Å². The standard InChI is InChI=1S/C58H41N3O2/c1-58(2)47-23-10-12-25-49(47)60(50-26-13-11-24-48(50)58)44-30-32-52-54(37-44)59(42-19-7-4-8-20-42)53-36-41(38-16-5-3-6-17-38)28-31-51(53)61(52)43-21-15-18-39(34-43)40-29-33-56-46(35-40)57(62)45-22-9-14-27-55(45)63-56/h3-37H,1-2H3. The number of rotatable bonds is 5. The fourth-order valence-corrected chi connectivity index (χ4v) is 9.87. The number of para-hydroxylation sites is 4. The predicted molar refractivity (Wildman–Crippen MR) is 261 cm³/mol. The van der Waals surface area contributed by atoms with E-state index in [1.165, 1.54) is 22.5 Å². The summed E-state index contributed by atoms with van der Waals surface area (Å²) in [6.07, 6.45) is 0. The van der Waals surface area contributed by atoms with E-state index < -0.39 is 0 Å². The average Bonchev–Trinajstić information content (AvgIpc) is 3.34. The zero-order valence-electron chi connectivity index (χ0n) is 34.9. The van der Waals surface area contributed by atoms with Gasteiger partial charge in [0.2, 0.25) is 5.43 Å². The normalized spacial score (nSPS) is 13.7. The smallest absolute Gasteiger partial charge is 0.200 e. The molecule has 0 radical (unpaired) electrons. The zero-order valence-corrected chi connectivity index (χ0v) is 34.9. The highest BCUT2D eigenvalue weighted by Gasteiger charge is 2.38. The molecular formula is C58H41N3O2. The van der Waals surface area contributed by atoms with E-state index in [-0.39, 0.29) is 10.8 Å². The molecule has 0 amide bonds. The summed E-state index contributed by atoms with van der Waals surface area (Å²) in [5.41, 5.74) is 17.5. The lowest BCUT2D eigenvalue weighted by Crippen LogP contribution is -2.30. The monoisotopic (exact) mass is 811 g/mol. The zero-order chi connectivity index (χ0) is 42.2. The van der Waals surface area contributed by atoms with Crippen LogP contribution in [0.3, 0.4) is 0 Å². The Kier molecular flexibility index (Phi) is 8.28. The molecule has 63 heavy (non-hydrogen) atoms. The average molecular weight is 812 g/mol. The number of nitrogens with zero attached hydrogens (tertiary/aromatic N) is 3. The van der Waals surface area contributed by atoms with Crippen molar-refractivity contribution in [3.8, 4) is 22.3 Å². The van der Waals surface area contributed by atoms with Crippen LogP contribution in [0.15, 0.2) is 222 Å². The number of hydrogen-bond donors (Lipinski definition) is 0. The molecule has 3 heterocycles. The van der Waals surface area contributed by atoms with Gasteiger partial charge in [0.15, 0.2) is 0 Å². The minimum absolute atomic E-state index is 0.0303. The van der Waals surface area contributed by atoms with Crippen molar-refractivity contribution >= 4 is 73.1 Å². The van der Waals surface area contributed by atoms with E-state index in [9.17, 15) is 4.79 Å². The van der Waals surface area contributed by atoms with E-state index in [0.29, 0.717) is 21.9 Å². The Labute approximate surface area is 366 Å². The summed E-state index contributed by atoms with van der Waals surface area (Å²) in [6, 6.07) is 74.6. The van der Waals surface area contributed by atoms with Gasteiger partial charge in [-0.1, -0.05) is 135 Å². The van der Waals surface area contributed by atoms with Crippen LogP contribution in [-0.4, -0.2) is 0 Å². The molecule has 2 aliphatic heterocycles. The molecular weight excluding hydrogens is 771 g/mol. The summed E-state index contributed by atoms with van der Waals surface area (Å²) < 4.78 is 6.19. The van der Waals surface area contributed by atoms with Crippen LogP contribution in [0, 0.1) is 0 Å². The molecule has 12 rings (SSSR count). The SMILES string of the molecule is CC1(C)c2ccccc2N(c2ccc3c(c2)N(c2ccccc2)c2cc(-c4ccccc4)ccc2N3c2cccc(-c3ccc4oc5ccccc5c(=O)c4c3)c2)c2ccccc21. The highest BCUT2D eigenvalue weighted by atomic mass is 16.3. The third kappa shape index (κ3) is 5.81. The number of benzene rings is 9. The molecule has 0 saturated carbocycles. The van der Waals surface area contributed by atoms with Crippen LogP contribution in [0.25, 0.3) is 44.2 Å². The molecule has 5 nitrogen and oxygen atoms in total. The third-order valence-electron chi connectivity index (χ3n) is 12.9. The second-order valence-electron chi connectivity index (χ2n) is 16.9. The lowest BCUT2D eigenvalue weighted by molar-refractivity contribution is 0.632. The summed E-state index contributed by atoms with van der Waals surface area (Å²) in [5.74, 6) is 0. The number of anilines is 9. The molecule has 0 aliphatic carbocycles. The van der Waals surface area contributed by atoms with Crippen LogP contribution in [0.2, 0.25) is 0 Å². The second-order valence-corrected chi connectivity index (χ2v) is 16.9. The Hall–Kier alpha value is -8.15. The quantitative estimate of drug-likeness (QED) is 0.162. The summed E-state index contributed by atoms with van der Waals surface area (Å²) in [4.78, 5) is 21.0. The predicted octanol–water partition coefficient (Wildman–Crippen LogP) is 15.6. The van der Waals surface area contributed by atoms with Crippen molar-refractivity contribution < 1.29 is 4.42 Å². The van der Waals surface area contributed by atoms with Gasteiger partial charge in [-0.05, 0) is 124 Å². The van der Waals surface area contributed by atoms with Gasteiger partial charge in [0.1, 0.15) is 11.2 Å². The van der Waals surface area contributed by atoms with E-state index in [1.54, 1.807) is 0 Å². The van der Waals surface area contributed by atoms with Crippen LogP contribution < -0.4 is 20.1 Å². The van der Waals surface area contributed by atoms with Crippen LogP contribution >= 0.6 is 0 Å². The second kappa shape index (κ2) is 14.2. The van der Waals surface area contributed by atoms with E-state index >= 15 is 0 Å². The van der Waals surface area contributed by atoms with Crippen molar-refractivity contribution in [1.82, 2.24) is 0 Å². The molecule has 5 heteroatoms. The molecule has 9 aromatic carbocycles. The maximum atomic E-state index is 13.8. The fourth-order valence-electron chi connectivity index (χ4n) is 9.87. The highest BCUT2D eigenvalue weighted by Crippen LogP contribution is 2.58. The molecule has 0 N–H and O–H groups in total. The largest absolute Gasteiger partial charge is 0.456 e. The van der Waals surface area contributed by atoms with Crippen molar-refractivity contribution in [2.75, 3.05) is 14.7 Å². The Bertz CT molecular complexity index is 3430. The maximum absolute atomic E-state index is 13.8. The van der Waals surface area contributed by atoms with Gasteiger partial charge in [0.05, 0.1) is 44.9 Å². The van der Waals surface area contributed by atoms with Gasteiger partial charge >= 0.3 is 0 Å². The van der Waals surface area contributed by atoms with E-state index in [1.807, 2.05) is 42.5 Å². The molecule has 1 aromatic heterocycles. The first-order chi connectivity index (χ1) is 30.9. The van der Waals surface area contributed by atoms with Crippen molar-refractivity contribution in [3.05, 3.63) is 234 Å². The number of fused-ring (bicyclic) bond motifs is 6. The topological polar surface area (TPSA) is 39.9 Å². The van der Waals surface area contributed by atoms with Crippen LogP contribution in [0.5, 0.6) is 0 Å². The van der Waals surface area contributed by atoms with Gasteiger partial charge in [0, 0.05) is 22.5 Å². The highest BCUT2D eigenvalue weighted by molar-refractivity contribution is 6.04. The fraction of sp³-hybridized carbons (Fsp3) is 0.0517. The van der Waals surface area contributed by atoms with E-state index in [2.05, 4.69) is 198 Å². The maximum Gasteiger partial charge on any atom is 0.200 e. The van der Waals surface area contributed by atoms with Gasteiger partial charge in [0.25, 0.3) is 0 Å². The first-order valence-electron chi connectivity index (χ1n) is 21.5. The van der Waals surface area contributed by atoms with Gasteiger partial charge in [-0.3, -0.25) is 4.79 Å². The van der Waals surface area contributed by atoms with Crippen molar-refractivity contribution in [3.63, 3.8) is 0 Å². The first kappa shape index (κ1) is 36.7. The Morgan fingerprint density at radius 2 is 0.857 bits per heavy atom. The van der Waals surface area contributed by atoms with Gasteiger partial charge in [-0.15, -0.1) is 0 Å². The van der Waals surface area contributed by atoms with Crippen LogP contribution in [0.1, 0.15) is 25.0 Å². The lowest BCUT2D eigenvalue weighted by Gasteiger charge is -2.44. The molecule has 0 atom stereocenters. The first-order valence-corrected chi connectivity index (χ1v) is 21.5. The van der Waals surface area contributed by atoms with Crippen molar-refractivity contribution in [2.45, 2.75) is 19.3 Å². The minimum atomic E-state index is -0.175. The van der Waals surface area contributed by atoms with Crippen LogP contribution in [0.4, 0.5) is 51.2 Å². The minimum Gasteiger partial charge on any atom is -0.456 e. The number of hydrogen-bond acceptors (Lipinski definition) is 5. The molecule has 0 bridgehead atoms. The Morgan fingerprint density at radius 3 is 1.62 bits per heavy atom. The van der Waals surface area contributed by atoms with E-state index in [0.717, 1.165) is 62.1 Å². The molecule has 0 spiro atoms. The van der Waals surface area contributed by atoms with E-state index in [4.69, 9.17) is 4.42 Å². The Balaban J connectivity index is 1.08. The molecule has 300 valence electrons. The summed E-state index contributed by atoms with van der Waals surface area (Å²) in [7, 11) is 0. The Morgan fingerprint density at radius 1 is 0.349 bits per heavy atom. The van der Waals surface area contributed by atoms with Gasteiger partial charge in [-0.25, -0.2) is 0 Å². The van der Waals surface area contributed by atoms with Crippen molar-refractivity contribution in [1.29, 1.82) is 0 Å². The molecule has 0 unspecified atom stereocenters. The molecule has 0 saturated heterocycles. The van der Waals surface area contributed by atoms with Gasteiger partial charge in [-0.2, -0.15) is 0 Å². The summed E-state index contributed by atoms with van der Waals surface area (Å²) in [5, 5.41) is 1.14. The summed E-state index contributed by atoms with van der Waals surface area (Å²) in [6.45, 7) is 4.65. The molecule has 0 fully saturated rings. The molecule has 10 aromatic rings. The molecule has 2 aliphatic rings. The third-order valence-corrected chi connectivity index (χ3v) is 12.9. The van der Waals surface area contributed by atoms with Gasteiger partial charge < -0.3 is 19.1 Å². The summed E-state index contributed by atoms with van der Waals surface area (Å²) >= 11 is 0.